The second-order valence-electron chi connectivity index (χ2n) is 6.40. The van der Waals surface area contributed by atoms with Gasteiger partial charge in [-0.25, -0.2) is 4.98 Å². The van der Waals surface area contributed by atoms with Gasteiger partial charge in [-0.15, -0.1) is 21.5 Å². The molecule has 3 N–H and O–H groups in total. The molecule has 9 heteroatoms. The Morgan fingerprint density at radius 1 is 1.42 bits per heavy atom. The number of aryl methyl sites for hydroxylation is 1. The predicted octanol–water partition coefficient (Wildman–Crippen LogP) is 4.22. The van der Waals surface area contributed by atoms with E-state index in [0.717, 1.165) is 45.3 Å². The minimum absolute atomic E-state index is 0.249. The van der Waals surface area contributed by atoms with E-state index in [1.54, 1.807) is 11.8 Å². The van der Waals surface area contributed by atoms with Crippen LogP contribution >= 0.6 is 34.4 Å². The van der Waals surface area contributed by atoms with Gasteiger partial charge in [-0.1, -0.05) is 36.9 Å². The molecule has 1 atom stereocenters. The molecule has 26 heavy (non-hydrogen) atoms. The van der Waals surface area contributed by atoms with Crippen molar-refractivity contribution in [3.8, 4) is 0 Å². The Morgan fingerprint density at radius 3 is 3.08 bits per heavy atom. The number of carbonyl (C=O) groups is 1. The van der Waals surface area contributed by atoms with Crippen LogP contribution in [0, 0.1) is 5.92 Å². The molecule has 0 radical (unpaired) electrons. The molecule has 0 saturated heterocycles. The number of amides is 1. The van der Waals surface area contributed by atoms with Gasteiger partial charge in [0.2, 0.25) is 5.13 Å². The maximum Gasteiger partial charge on any atom is 0.269 e. The summed E-state index contributed by atoms with van der Waals surface area (Å²) in [5, 5.41) is 12.3. The van der Waals surface area contributed by atoms with Gasteiger partial charge in [0.05, 0.1) is 5.69 Å². The number of nitrogen functional groups attached to an aromatic ring is 1. The summed E-state index contributed by atoms with van der Waals surface area (Å²) in [4.78, 5) is 18.8. The second kappa shape index (κ2) is 7.13. The lowest BCUT2D eigenvalue weighted by atomic mass is 9.87. The molecular weight excluding hydrogens is 386 g/mol. The number of nitrogens with two attached hydrogens (primary N) is 1. The zero-order chi connectivity index (χ0) is 18.3. The first-order chi connectivity index (χ1) is 12.5. The van der Waals surface area contributed by atoms with E-state index in [1.165, 1.54) is 28.2 Å². The van der Waals surface area contributed by atoms with Crippen molar-refractivity contribution >= 4 is 61.4 Å². The van der Waals surface area contributed by atoms with Crippen molar-refractivity contribution < 1.29 is 4.79 Å². The van der Waals surface area contributed by atoms with Crippen LogP contribution in [-0.2, 0) is 12.8 Å². The van der Waals surface area contributed by atoms with Gasteiger partial charge in [0.15, 0.2) is 4.34 Å². The predicted molar refractivity (Wildman–Crippen MR) is 109 cm³/mol. The highest BCUT2D eigenvalue weighted by atomic mass is 32.2. The topological polar surface area (TPSA) is 93.8 Å². The van der Waals surface area contributed by atoms with E-state index >= 15 is 0 Å². The molecule has 136 valence electrons. The largest absolute Gasteiger partial charge is 0.397 e. The van der Waals surface area contributed by atoms with Crippen LogP contribution in [0.5, 0.6) is 0 Å². The molecule has 3 aromatic rings. The first-order valence-corrected chi connectivity index (χ1v) is 11.2. The number of rotatable bonds is 4. The fraction of sp³-hybridized carbons (Fsp3) is 0.412. The first-order valence-electron chi connectivity index (χ1n) is 8.53. The average molecular weight is 406 g/mol. The third-order valence-corrected chi connectivity index (χ3v) is 7.40. The molecule has 3 heterocycles. The van der Waals surface area contributed by atoms with Crippen LogP contribution in [0.15, 0.2) is 10.4 Å². The summed E-state index contributed by atoms with van der Waals surface area (Å²) < 4.78 is 0.843. The molecule has 6 nitrogen and oxygen atoms in total. The highest BCUT2D eigenvalue weighted by Crippen LogP contribution is 2.37. The average Bonchev–Trinajstić information content (AvgIpc) is 3.18. The second-order valence-corrected chi connectivity index (χ2v) is 9.89. The molecule has 1 aliphatic rings. The van der Waals surface area contributed by atoms with Crippen LogP contribution in [0.25, 0.3) is 10.2 Å². The number of pyridine rings is 1. The molecule has 0 bridgehead atoms. The van der Waals surface area contributed by atoms with Crippen LogP contribution in [0.2, 0.25) is 0 Å². The third kappa shape index (κ3) is 3.30. The molecule has 0 aromatic carbocycles. The molecule has 1 unspecified atom stereocenters. The van der Waals surface area contributed by atoms with Crippen LogP contribution in [-0.4, -0.2) is 26.8 Å². The van der Waals surface area contributed by atoms with Crippen LogP contribution in [0.3, 0.4) is 0 Å². The Kier molecular flexibility index (Phi) is 4.85. The lowest BCUT2D eigenvalue weighted by Gasteiger charge is -2.20. The summed E-state index contributed by atoms with van der Waals surface area (Å²) in [6.07, 6.45) is 3.18. The zero-order valence-corrected chi connectivity index (χ0v) is 17.0. The van der Waals surface area contributed by atoms with E-state index in [1.807, 2.05) is 0 Å². The number of nitrogens with one attached hydrogen (secondary N) is 1. The number of aromatic nitrogens is 3. The van der Waals surface area contributed by atoms with Gasteiger partial charge in [-0.05, 0) is 42.6 Å². The number of nitrogens with zero attached hydrogens (tertiary/aromatic N) is 3. The van der Waals surface area contributed by atoms with E-state index < -0.39 is 0 Å². The molecule has 4 rings (SSSR count). The van der Waals surface area contributed by atoms with Gasteiger partial charge in [-0.3, -0.25) is 10.1 Å². The Morgan fingerprint density at radius 2 is 2.27 bits per heavy atom. The standard InChI is InChI=1S/C17H19N5OS3/c1-3-24-17-22-21-16(26-17)20-14(23)13-12(18)10-7-9-6-8(2)4-5-11(9)19-15(10)25-13/h7-8H,3-6,18H2,1-2H3,(H,20,21,23). The Balaban J connectivity index is 1.63. The molecule has 1 amide bonds. The molecule has 3 aromatic heterocycles. The van der Waals surface area contributed by atoms with E-state index in [4.69, 9.17) is 10.7 Å². The fourth-order valence-corrected chi connectivity index (χ4v) is 5.77. The first kappa shape index (κ1) is 17.7. The smallest absolute Gasteiger partial charge is 0.269 e. The molecule has 1 aliphatic carbocycles. The summed E-state index contributed by atoms with van der Waals surface area (Å²) in [6, 6.07) is 2.12. The lowest BCUT2D eigenvalue weighted by Crippen LogP contribution is -2.12. The quantitative estimate of drug-likeness (QED) is 0.499. The Bertz CT molecular complexity index is 980. The number of hydrogen-bond donors (Lipinski definition) is 2. The lowest BCUT2D eigenvalue weighted by molar-refractivity contribution is 0.103. The highest BCUT2D eigenvalue weighted by molar-refractivity contribution is 8.01. The van der Waals surface area contributed by atoms with Gasteiger partial charge in [0.1, 0.15) is 9.71 Å². The summed E-state index contributed by atoms with van der Waals surface area (Å²) in [6.45, 7) is 4.31. The third-order valence-electron chi connectivity index (χ3n) is 4.43. The number of thioether (sulfide) groups is 1. The zero-order valence-electron chi connectivity index (χ0n) is 14.5. The summed E-state index contributed by atoms with van der Waals surface area (Å²) in [5.41, 5.74) is 9.20. The normalized spacial score (nSPS) is 16.6. The van der Waals surface area contributed by atoms with Gasteiger partial charge >= 0.3 is 0 Å². The van der Waals surface area contributed by atoms with Crippen molar-refractivity contribution in [3.05, 3.63) is 22.2 Å². The highest BCUT2D eigenvalue weighted by Gasteiger charge is 2.22. The van der Waals surface area contributed by atoms with Crippen molar-refractivity contribution in [2.24, 2.45) is 5.92 Å². The number of thiophene rings is 1. The number of carbonyl (C=O) groups excluding carboxylic acids is 1. The summed E-state index contributed by atoms with van der Waals surface area (Å²) in [5.74, 6) is 1.33. The molecular formula is C17H19N5OS3. The summed E-state index contributed by atoms with van der Waals surface area (Å²) >= 11 is 4.32. The maximum atomic E-state index is 12.7. The van der Waals surface area contributed by atoms with E-state index in [-0.39, 0.29) is 5.91 Å². The molecule has 0 aliphatic heterocycles. The van der Waals surface area contributed by atoms with Crippen LogP contribution in [0.1, 0.15) is 41.2 Å². The van der Waals surface area contributed by atoms with Gasteiger partial charge in [-0.2, -0.15) is 0 Å². The van der Waals surface area contributed by atoms with Crippen LogP contribution in [0.4, 0.5) is 10.8 Å². The van der Waals surface area contributed by atoms with Crippen molar-refractivity contribution in [1.82, 2.24) is 15.2 Å². The van der Waals surface area contributed by atoms with Crippen LogP contribution < -0.4 is 11.1 Å². The monoisotopic (exact) mass is 405 g/mol. The van der Waals surface area contributed by atoms with E-state index in [2.05, 4.69) is 35.4 Å². The van der Waals surface area contributed by atoms with E-state index in [0.29, 0.717) is 21.6 Å². The molecule has 0 spiro atoms. The maximum absolute atomic E-state index is 12.7. The molecule has 0 saturated carbocycles. The van der Waals surface area contributed by atoms with Gasteiger partial charge < -0.3 is 5.73 Å². The number of anilines is 2. The van der Waals surface area contributed by atoms with Crippen molar-refractivity contribution in [2.75, 3.05) is 16.8 Å². The van der Waals surface area contributed by atoms with Gasteiger partial charge in [0.25, 0.3) is 5.91 Å². The summed E-state index contributed by atoms with van der Waals surface area (Å²) in [7, 11) is 0. The number of hydrogen-bond acceptors (Lipinski definition) is 8. The minimum atomic E-state index is -0.249. The number of fused-ring (bicyclic) bond motifs is 2. The minimum Gasteiger partial charge on any atom is -0.397 e. The fourth-order valence-electron chi connectivity index (χ4n) is 3.14. The van der Waals surface area contributed by atoms with Gasteiger partial charge in [0, 0.05) is 11.1 Å². The SMILES string of the molecule is CCSc1nnc(NC(=O)c2sc3nc4c(cc3c2N)CC(C)CC4)s1. The Labute approximate surface area is 163 Å². The van der Waals surface area contributed by atoms with E-state index in [9.17, 15) is 4.79 Å². The van der Waals surface area contributed by atoms with Crippen molar-refractivity contribution in [1.29, 1.82) is 0 Å². The van der Waals surface area contributed by atoms with Crippen molar-refractivity contribution in [3.63, 3.8) is 0 Å². The van der Waals surface area contributed by atoms with Crippen molar-refractivity contribution in [2.45, 2.75) is 37.4 Å². The Hall–Kier alpha value is -1.71. The molecule has 0 fully saturated rings.